The minimum Gasteiger partial charge on any atom is -0.400 e. The summed E-state index contributed by atoms with van der Waals surface area (Å²) >= 11 is 0. The van der Waals surface area contributed by atoms with Crippen LogP contribution in [0.15, 0.2) is 205 Å². The van der Waals surface area contributed by atoms with E-state index < -0.39 is 71.3 Å². The molecule has 0 bridgehead atoms. The molecule has 2 saturated heterocycles. The van der Waals surface area contributed by atoms with Crippen LogP contribution in [0.3, 0.4) is 0 Å². The molecule has 2 aliphatic rings. The highest BCUT2D eigenvalue weighted by Gasteiger charge is 2.58. The Bertz CT molecular complexity index is 4730. The van der Waals surface area contributed by atoms with Gasteiger partial charge in [0.05, 0.1) is 55.0 Å². The van der Waals surface area contributed by atoms with Crippen molar-refractivity contribution >= 4 is 22.7 Å². The first-order chi connectivity index (χ1) is 53.0. The summed E-state index contributed by atoms with van der Waals surface area (Å²) in [7, 11) is 1.00. The molecule has 0 amide bonds. The van der Waals surface area contributed by atoms with E-state index >= 15 is 17.6 Å². The van der Waals surface area contributed by atoms with E-state index in [0.29, 0.717) is 29.2 Å². The molecule has 2 aliphatic heterocycles. The first kappa shape index (κ1) is 77.7. The number of pyridine rings is 4. The van der Waals surface area contributed by atoms with Crippen LogP contribution in [-0.4, -0.2) is 175 Å². The Morgan fingerprint density at radius 1 is 0.427 bits per heavy atom. The minimum absolute atomic E-state index is 0.0241. The quantitative estimate of drug-likeness (QED) is 0.0411. The Morgan fingerprint density at radius 2 is 0.773 bits per heavy atom. The summed E-state index contributed by atoms with van der Waals surface area (Å²) in [6, 6.07) is 36.5. The third kappa shape index (κ3) is 16.1. The number of aliphatic hydroxyl groups is 4. The number of tetrazole rings is 2. The summed E-state index contributed by atoms with van der Waals surface area (Å²) in [5, 5.41) is 69.7. The standard InChI is InChI=1S/C38H40F3N11O2.C37H38F3N11O3.CH4O/c1-4-33(26(2)3)52-36(53)51(25-45-52)35-16-14-32(22-43-35)49-19-17-48(18-20-49)31-12-5-27(6-13-31)28-7-15-34(42-21-28)38(40,41)37(54,23-50-24-44-46-47-50)29-8-10-30(39)11-9-29;1-3-32(25(2)52)51-35(53)50(24-44-51)34-15-13-31(21-42-34)48-18-16-47(17-19-48)30-11-4-26(5-12-30)27-6-14-33(41-20-27)37(39,40)36(54,22-49-23-43-45-46-49)28-7-9-29(38)10-8-28;1-2/h5-16,21-22,24-26,33,54H,4,17-20,23H2,1-3H3;4-15,20-21,23-25,32,52,54H,3,16-19,22H2,1-2H3;2H,1H3/t33-,37?;25-,32-,36?;/m00./s1. The maximum Gasteiger partial charge on any atom is 0.351 e. The van der Waals surface area contributed by atoms with Crippen molar-refractivity contribution in [3.8, 4) is 33.9 Å². The predicted molar refractivity (Wildman–Crippen MR) is 397 cm³/mol. The number of rotatable bonds is 24. The second-order valence-electron chi connectivity index (χ2n) is 26.9. The summed E-state index contributed by atoms with van der Waals surface area (Å²) in [6.07, 6.45) is 12.0. The number of benzene rings is 4. The molecule has 0 radical (unpaired) electrons. The molecule has 12 aromatic rings. The number of nitrogens with zero attached hydrogens (tertiary/aromatic N) is 22. The highest BCUT2D eigenvalue weighted by Crippen LogP contribution is 2.48. The summed E-state index contributed by atoms with van der Waals surface area (Å²) in [4.78, 5) is 52.3. The fourth-order valence-electron chi connectivity index (χ4n) is 13.7. The fourth-order valence-corrected chi connectivity index (χ4v) is 13.7. The average molecular weight is 1510 g/mol. The molecule has 28 nitrogen and oxygen atoms in total. The molecular weight excluding hydrogens is 1430 g/mol. The van der Waals surface area contributed by atoms with Gasteiger partial charge >= 0.3 is 23.2 Å². The van der Waals surface area contributed by atoms with Gasteiger partial charge < -0.3 is 40.0 Å². The predicted octanol–water partition coefficient (Wildman–Crippen LogP) is 8.79. The molecule has 0 spiro atoms. The zero-order valence-corrected chi connectivity index (χ0v) is 61.0. The second-order valence-corrected chi connectivity index (χ2v) is 26.9. The fraction of sp³-hybridized carbons (Fsp3) is 0.342. The van der Waals surface area contributed by atoms with Crippen LogP contribution in [0.1, 0.15) is 82.1 Å². The molecule has 2 unspecified atom stereocenters. The van der Waals surface area contributed by atoms with Gasteiger partial charge in [-0.15, -0.1) is 10.2 Å². The van der Waals surface area contributed by atoms with Crippen molar-refractivity contribution in [3.05, 3.63) is 251 Å². The number of anilines is 4. The molecule has 4 N–H and O–H groups in total. The van der Waals surface area contributed by atoms with E-state index in [1.54, 1.807) is 30.1 Å². The Labute approximate surface area is 627 Å². The SMILES string of the molecule is CC[C@@H](C(C)C)n1ncn(-c2ccc(N3CCN(c4ccc(-c5ccc(C(F)(F)C(O)(Cn6cnnn6)c6ccc(F)cc6)nc5)cc4)CC3)cn2)c1=O.CC[C@@H]([C@H](C)O)n1ncn(-c2ccc(N3CCN(c4ccc(-c5ccc(C(F)(F)C(O)(Cn6cnnn6)c6ccc(F)cc6)nc5)cc4)CC3)cn2)c1=O.CO. The smallest absolute Gasteiger partial charge is 0.351 e. The average Bonchev–Trinajstić information content (AvgIpc) is 1.11. The highest BCUT2D eigenvalue weighted by molar-refractivity contribution is 5.68. The Kier molecular flexibility index (Phi) is 23.5. The van der Waals surface area contributed by atoms with Gasteiger partial charge in [0, 0.05) is 94.4 Å². The van der Waals surface area contributed by atoms with Gasteiger partial charge in [0.25, 0.3) is 0 Å². The lowest BCUT2D eigenvalue weighted by molar-refractivity contribution is -0.206. The molecule has 8 aromatic heterocycles. The molecule has 5 atom stereocenters. The van der Waals surface area contributed by atoms with Crippen molar-refractivity contribution in [2.75, 3.05) is 79.1 Å². The van der Waals surface area contributed by atoms with Crippen molar-refractivity contribution in [1.29, 1.82) is 0 Å². The van der Waals surface area contributed by atoms with Gasteiger partial charge in [-0.2, -0.15) is 27.8 Å². The van der Waals surface area contributed by atoms with Gasteiger partial charge in [0.2, 0.25) is 0 Å². The molecule has 574 valence electrons. The van der Waals surface area contributed by atoms with E-state index in [9.17, 15) is 33.7 Å². The summed E-state index contributed by atoms with van der Waals surface area (Å²) < 4.78 is 99.6. The van der Waals surface area contributed by atoms with Crippen molar-refractivity contribution in [1.82, 2.24) is 89.0 Å². The zero-order chi connectivity index (χ0) is 78.1. The lowest BCUT2D eigenvalue weighted by atomic mass is 9.85. The van der Waals surface area contributed by atoms with Gasteiger partial charge in [-0.05, 0) is 154 Å². The van der Waals surface area contributed by atoms with Crippen molar-refractivity contribution in [3.63, 3.8) is 0 Å². The van der Waals surface area contributed by atoms with Crippen LogP contribution in [0.25, 0.3) is 33.9 Å². The largest absolute Gasteiger partial charge is 0.400 e. The maximum atomic E-state index is 16.2. The lowest BCUT2D eigenvalue weighted by Gasteiger charge is -2.37. The van der Waals surface area contributed by atoms with Crippen LogP contribution in [-0.2, 0) is 36.1 Å². The number of hydrogen-bond acceptors (Lipinski definition) is 22. The lowest BCUT2D eigenvalue weighted by Crippen LogP contribution is -2.47. The number of hydrogen-bond donors (Lipinski definition) is 4. The molecule has 0 aliphatic carbocycles. The molecule has 34 heteroatoms. The molecule has 14 rings (SSSR count). The maximum absolute atomic E-state index is 16.2. The van der Waals surface area contributed by atoms with Gasteiger partial charge in [0.1, 0.15) is 60.0 Å². The number of alkyl halides is 4. The van der Waals surface area contributed by atoms with Crippen LogP contribution in [0.5, 0.6) is 0 Å². The molecular formula is C76H82F6N22O6. The Hall–Kier alpha value is -11.9. The number of aromatic nitrogens is 18. The van der Waals surface area contributed by atoms with Crippen molar-refractivity contribution in [2.24, 2.45) is 5.92 Å². The van der Waals surface area contributed by atoms with Gasteiger partial charge in [0.15, 0.2) is 11.2 Å². The molecule has 10 heterocycles. The van der Waals surface area contributed by atoms with E-state index in [0.717, 1.165) is 170 Å². The number of halogens is 6. The Balaban J connectivity index is 0.000000200. The van der Waals surface area contributed by atoms with Crippen LogP contribution >= 0.6 is 0 Å². The number of piperazine rings is 2. The second kappa shape index (κ2) is 33.3. The first-order valence-corrected chi connectivity index (χ1v) is 35.6. The minimum atomic E-state index is -3.92. The van der Waals surface area contributed by atoms with Gasteiger partial charge in [-0.25, -0.2) is 56.2 Å². The summed E-state index contributed by atoms with van der Waals surface area (Å²) in [6.45, 7) is 14.4. The van der Waals surface area contributed by atoms with Crippen LogP contribution < -0.4 is 31.0 Å². The van der Waals surface area contributed by atoms with E-state index in [1.807, 2.05) is 73.7 Å². The van der Waals surface area contributed by atoms with E-state index in [2.05, 4.69) is 102 Å². The van der Waals surface area contributed by atoms with E-state index in [1.165, 1.54) is 63.1 Å². The normalized spacial score (nSPS) is 15.4. The zero-order valence-electron chi connectivity index (χ0n) is 61.0. The van der Waals surface area contributed by atoms with E-state index in [-0.39, 0.29) is 34.5 Å². The third-order valence-corrected chi connectivity index (χ3v) is 20.0. The number of aliphatic hydroxyl groups excluding tert-OH is 2. The molecule has 4 aromatic carbocycles. The topological polar surface area (TPSA) is 312 Å². The van der Waals surface area contributed by atoms with Crippen LogP contribution in [0, 0.1) is 17.6 Å². The van der Waals surface area contributed by atoms with Gasteiger partial charge in [-0.1, -0.05) is 88.4 Å². The molecule has 0 saturated carbocycles. The van der Waals surface area contributed by atoms with Crippen molar-refractivity contribution in [2.45, 2.75) is 102 Å². The summed E-state index contributed by atoms with van der Waals surface area (Å²) in [5.41, 5.74) is -1.31. The monoisotopic (exact) mass is 1510 g/mol. The first-order valence-electron chi connectivity index (χ1n) is 35.6. The molecule has 2 fully saturated rings. The Morgan fingerprint density at radius 3 is 1.07 bits per heavy atom. The summed E-state index contributed by atoms with van der Waals surface area (Å²) in [5.74, 6) is -7.84. The molecule has 110 heavy (non-hydrogen) atoms. The highest BCUT2D eigenvalue weighted by atomic mass is 19.3. The van der Waals surface area contributed by atoms with Crippen LogP contribution in [0.4, 0.5) is 49.1 Å². The van der Waals surface area contributed by atoms with Crippen LogP contribution in [0.2, 0.25) is 0 Å². The van der Waals surface area contributed by atoms with E-state index in [4.69, 9.17) is 5.11 Å². The van der Waals surface area contributed by atoms with Gasteiger partial charge in [-0.3, -0.25) is 9.97 Å². The van der Waals surface area contributed by atoms with Crippen molar-refractivity contribution < 1.29 is 46.8 Å². The third-order valence-electron chi connectivity index (χ3n) is 20.0.